The van der Waals surface area contributed by atoms with Crippen LogP contribution in [0.3, 0.4) is 0 Å². The average molecular weight is 299 g/mol. The maximum absolute atomic E-state index is 13.2. The van der Waals surface area contributed by atoms with E-state index in [1.807, 2.05) is 0 Å². The summed E-state index contributed by atoms with van der Waals surface area (Å²) in [7, 11) is 1.66. The van der Waals surface area contributed by atoms with E-state index in [0.29, 0.717) is 5.82 Å². The zero-order valence-electron chi connectivity index (χ0n) is 12.2. The fourth-order valence-electron chi connectivity index (χ4n) is 3.74. The van der Waals surface area contributed by atoms with Crippen LogP contribution in [0.1, 0.15) is 57.2 Å². The molecule has 0 saturated heterocycles. The van der Waals surface area contributed by atoms with Gasteiger partial charge in [0.05, 0.1) is 0 Å². The van der Waals surface area contributed by atoms with E-state index in [9.17, 15) is 13.6 Å². The second-order valence-corrected chi connectivity index (χ2v) is 6.45. The van der Waals surface area contributed by atoms with Gasteiger partial charge in [0.1, 0.15) is 0 Å². The van der Waals surface area contributed by atoms with Gasteiger partial charge in [-0.25, -0.2) is 0 Å². The fraction of sp³-hybridized carbons (Fsp3) is 0.786. The maximum Gasteiger partial charge on any atom is 0.322 e. The number of hydrogen-bond donors (Lipinski definition) is 1. The minimum atomic E-state index is -3.11. The summed E-state index contributed by atoms with van der Waals surface area (Å²) >= 11 is 0. The van der Waals surface area contributed by atoms with Gasteiger partial charge in [-0.05, 0) is 38.5 Å². The highest BCUT2D eigenvalue weighted by Gasteiger charge is 2.54. The van der Waals surface area contributed by atoms with Crippen molar-refractivity contribution in [2.75, 3.05) is 7.05 Å². The lowest BCUT2D eigenvalue weighted by molar-refractivity contribution is -0.137. The van der Waals surface area contributed by atoms with Crippen molar-refractivity contribution in [3.63, 3.8) is 0 Å². The Morgan fingerprint density at radius 2 is 1.81 bits per heavy atom. The van der Waals surface area contributed by atoms with Crippen LogP contribution in [0.4, 0.5) is 8.78 Å². The minimum absolute atomic E-state index is 0.0877. The van der Waals surface area contributed by atoms with Crippen LogP contribution < -0.4 is 5.32 Å². The summed E-state index contributed by atoms with van der Waals surface area (Å²) in [6, 6.07) is 0. The molecule has 0 spiro atoms. The first-order chi connectivity index (χ1) is 9.81. The molecule has 1 heterocycles. The van der Waals surface area contributed by atoms with Crippen molar-refractivity contribution >= 4 is 5.91 Å². The number of carbonyl (C=O) groups is 1. The quantitative estimate of drug-likeness (QED) is 0.931. The second-order valence-electron chi connectivity index (χ2n) is 6.45. The molecular weight excluding hydrogens is 280 g/mol. The Bertz CT molecular complexity index is 540. The van der Waals surface area contributed by atoms with Crippen molar-refractivity contribution in [3.8, 4) is 0 Å². The smallest absolute Gasteiger partial charge is 0.322 e. The first-order valence-electron chi connectivity index (χ1n) is 7.26. The molecule has 1 aromatic heterocycles. The average Bonchev–Trinajstić information content (AvgIpc) is 2.99. The Balaban J connectivity index is 1.83. The minimum Gasteiger partial charge on any atom is -0.359 e. The largest absolute Gasteiger partial charge is 0.359 e. The topological polar surface area (TPSA) is 68.0 Å². The molecule has 1 amide bonds. The van der Waals surface area contributed by atoms with E-state index in [4.69, 9.17) is 4.52 Å². The normalized spacial score (nSPS) is 32.2. The lowest BCUT2D eigenvalue weighted by Crippen LogP contribution is -2.51. The second kappa shape index (κ2) is 4.48. The van der Waals surface area contributed by atoms with Crippen molar-refractivity contribution < 1.29 is 18.1 Å². The Hall–Kier alpha value is -1.53. The summed E-state index contributed by atoms with van der Waals surface area (Å²) in [6.45, 7) is 0.750. The molecule has 2 bridgehead atoms. The van der Waals surface area contributed by atoms with Crippen LogP contribution in [0.25, 0.3) is 0 Å². The van der Waals surface area contributed by atoms with Crippen molar-refractivity contribution in [1.82, 2.24) is 15.5 Å². The van der Waals surface area contributed by atoms with Crippen LogP contribution in [0, 0.1) is 5.41 Å². The van der Waals surface area contributed by atoms with Gasteiger partial charge in [0, 0.05) is 24.8 Å². The Kier molecular flexibility index (Phi) is 3.07. The lowest BCUT2D eigenvalue weighted by Gasteiger charge is -2.50. The Morgan fingerprint density at radius 1 is 1.24 bits per heavy atom. The molecule has 0 aromatic carbocycles. The van der Waals surface area contributed by atoms with Crippen LogP contribution in [0.15, 0.2) is 4.52 Å². The number of halogens is 2. The molecule has 5 nitrogen and oxygen atoms in total. The van der Waals surface area contributed by atoms with Gasteiger partial charge in [-0.15, -0.1) is 0 Å². The number of rotatable bonds is 3. The molecular formula is C14H19F2N3O2. The first-order valence-corrected chi connectivity index (χ1v) is 7.26. The highest BCUT2D eigenvalue weighted by Crippen LogP contribution is 2.57. The van der Waals surface area contributed by atoms with E-state index in [1.165, 1.54) is 0 Å². The fourth-order valence-corrected chi connectivity index (χ4v) is 3.74. The van der Waals surface area contributed by atoms with Crippen LogP contribution in [-0.4, -0.2) is 23.1 Å². The summed E-state index contributed by atoms with van der Waals surface area (Å²) in [4.78, 5) is 16.0. The molecule has 3 aliphatic carbocycles. The number of nitrogens with one attached hydrogen (secondary N) is 1. The number of carbonyl (C=O) groups excluding carboxylic acids is 1. The molecule has 0 unspecified atom stereocenters. The van der Waals surface area contributed by atoms with Crippen LogP contribution in [0.5, 0.6) is 0 Å². The zero-order chi connectivity index (χ0) is 15.3. The predicted octanol–water partition coefficient (Wildman–Crippen LogP) is 2.52. The molecule has 1 N–H and O–H groups in total. The van der Waals surface area contributed by atoms with E-state index < -0.39 is 11.8 Å². The molecule has 0 radical (unpaired) electrons. The highest BCUT2D eigenvalue weighted by molar-refractivity contribution is 5.82. The monoisotopic (exact) mass is 299 g/mol. The number of aromatic nitrogens is 2. The van der Waals surface area contributed by atoms with Crippen molar-refractivity contribution in [2.45, 2.75) is 56.8 Å². The van der Waals surface area contributed by atoms with Gasteiger partial charge >= 0.3 is 5.92 Å². The molecule has 3 saturated carbocycles. The number of nitrogens with zero attached hydrogens (tertiary/aromatic N) is 2. The molecule has 1 aromatic rings. The predicted molar refractivity (Wildman–Crippen MR) is 69.7 cm³/mol. The number of alkyl halides is 2. The summed E-state index contributed by atoms with van der Waals surface area (Å²) in [6.07, 6.45) is 4.48. The standard InChI is InChI=1S/C14H19F2N3O2/c1-12(15,16)11-18-9(19-21-11)13-3-6-14(7-4-13,8-5-13)10(20)17-2/h3-8H2,1-2H3,(H,17,20). The number of amides is 1. The SMILES string of the molecule is CNC(=O)C12CCC(c3noc(C(C)(F)F)n3)(CC1)CC2. The van der Waals surface area contributed by atoms with E-state index in [-0.39, 0.29) is 16.7 Å². The van der Waals surface area contributed by atoms with Gasteiger partial charge in [-0.3, -0.25) is 4.79 Å². The van der Waals surface area contributed by atoms with E-state index in [1.54, 1.807) is 7.05 Å². The van der Waals surface area contributed by atoms with Crippen molar-refractivity contribution in [3.05, 3.63) is 11.7 Å². The van der Waals surface area contributed by atoms with Crippen LogP contribution >= 0.6 is 0 Å². The van der Waals surface area contributed by atoms with Gasteiger partial charge in [0.25, 0.3) is 5.89 Å². The summed E-state index contributed by atoms with van der Waals surface area (Å²) in [5.74, 6) is -3.27. The third-order valence-corrected chi connectivity index (χ3v) is 5.23. The van der Waals surface area contributed by atoms with Gasteiger partial charge in [-0.1, -0.05) is 5.16 Å². The van der Waals surface area contributed by atoms with E-state index in [0.717, 1.165) is 45.4 Å². The summed E-state index contributed by atoms with van der Waals surface area (Å²) in [5.41, 5.74) is -0.597. The van der Waals surface area contributed by atoms with Gasteiger partial charge < -0.3 is 9.84 Å². The third kappa shape index (κ3) is 2.13. The van der Waals surface area contributed by atoms with Gasteiger partial charge in [0.15, 0.2) is 5.82 Å². The summed E-state index contributed by atoms with van der Waals surface area (Å²) < 4.78 is 31.2. The lowest BCUT2D eigenvalue weighted by atomic mass is 9.53. The van der Waals surface area contributed by atoms with Crippen molar-refractivity contribution in [1.29, 1.82) is 0 Å². The molecule has 3 aliphatic rings. The molecule has 0 aliphatic heterocycles. The molecule has 116 valence electrons. The molecule has 3 fully saturated rings. The van der Waals surface area contributed by atoms with Crippen molar-refractivity contribution in [2.24, 2.45) is 5.41 Å². The molecule has 4 rings (SSSR count). The van der Waals surface area contributed by atoms with E-state index in [2.05, 4.69) is 15.5 Å². The molecule has 0 atom stereocenters. The highest BCUT2D eigenvalue weighted by atomic mass is 19.3. The molecule has 7 heteroatoms. The van der Waals surface area contributed by atoms with Crippen LogP contribution in [-0.2, 0) is 16.1 Å². The van der Waals surface area contributed by atoms with Crippen LogP contribution in [0.2, 0.25) is 0 Å². The van der Waals surface area contributed by atoms with Gasteiger partial charge in [0.2, 0.25) is 5.91 Å². The molecule has 21 heavy (non-hydrogen) atoms. The first kappa shape index (κ1) is 14.4. The summed E-state index contributed by atoms with van der Waals surface area (Å²) in [5, 5.41) is 6.53. The van der Waals surface area contributed by atoms with Gasteiger partial charge in [-0.2, -0.15) is 13.8 Å². The third-order valence-electron chi connectivity index (χ3n) is 5.23. The Morgan fingerprint density at radius 3 is 2.24 bits per heavy atom. The number of hydrogen-bond acceptors (Lipinski definition) is 4. The van der Waals surface area contributed by atoms with E-state index >= 15 is 0 Å². The Labute approximate surface area is 121 Å². The number of fused-ring (bicyclic) bond motifs is 3. The zero-order valence-corrected chi connectivity index (χ0v) is 12.2. The maximum atomic E-state index is 13.2.